The zero-order valence-electron chi connectivity index (χ0n) is 17.6. The van der Waals surface area contributed by atoms with Gasteiger partial charge in [0.1, 0.15) is 5.75 Å². The van der Waals surface area contributed by atoms with Crippen molar-refractivity contribution >= 4 is 33.1 Å². The highest BCUT2D eigenvalue weighted by Crippen LogP contribution is 2.35. The summed E-state index contributed by atoms with van der Waals surface area (Å²) in [7, 11) is 1.60. The zero-order chi connectivity index (χ0) is 22.1. The molecule has 5 aromatic rings. The van der Waals surface area contributed by atoms with Crippen LogP contribution >= 0.6 is 11.3 Å². The molecule has 0 atom stereocenters. The number of rotatable bonds is 5. The Morgan fingerprint density at radius 3 is 2.44 bits per heavy atom. The number of fused-ring (bicyclic) bond motifs is 1. The van der Waals surface area contributed by atoms with Crippen molar-refractivity contribution in [1.82, 2.24) is 14.5 Å². The van der Waals surface area contributed by atoms with Crippen molar-refractivity contribution in [2.45, 2.75) is 6.92 Å². The van der Waals surface area contributed by atoms with Crippen LogP contribution < -0.4 is 15.6 Å². The van der Waals surface area contributed by atoms with Gasteiger partial charge in [0.15, 0.2) is 11.0 Å². The predicted octanol–water partition coefficient (Wildman–Crippen LogP) is 5.57. The first-order chi connectivity index (χ1) is 15.7. The molecule has 0 bridgehead atoms. The highest BCUT2D eigenvalue weighted by Gasteiger charge is 2.21. The molecule has 158 valence electrons. The number of anilines is 2. The van der Waals surface area contributed by atoms with E-state index >= 15 is 0 Å². The standard InChI is InChI=1S/C25H20N4O2S/c1-16-22(32-25(26-16)27-17-10-4-3-5-11-17)23-28-19-13-7-6-12-18(19)24(30)29(23)20-14-8-9-15-21(20)31-2/h3-15H,1-2H3,(H,26,27). The highest BCUT2D eigenvalue weighted by atomic mass is 32.1. The van der Waals surface area contributed by atoms with Gasteiger partial charge in [-0.25, -0.2) is 9.97 Å². The number of nitrogens with zero attached hydrogens (tertiary/aromatic N) is 3. The van der Waals surface area contributed by atoms with E-state index in [0.717, 1.165) is 21.4 Å². The SMILES string of the molecule is COc1ccccc1-n1c(-c2sc(Nc3ccccc3)nc2C)nc2ccccc2c1=O. The Kier molecular flexibility index (Phi) is 5.17. The normalized spacial score (nSPS) is 10.9. The first-order valence-electron chi connectivity index (χ1n) is 10.1. The second-order valence-corrected chi connectivity index (χ2v) is 8.19. The third kappa shape index (κ3) is 3.52. The van der Waals surface area contributed by atoms with Gasteiger partial charge in [-0.2, -0.15) is 0 Å². The van der Waals surface area contributed by atoms with Crippen molar-refractivity contribution < 1.29 is 4.74 Å². The lowest BCUT2D eigenvalue weighted by atomic mass is 10.2. The minimum atomic E-state index is -0.152. The Balaban J connectivity index is 1.75. The van der Waals surface area contributed by atoms with Gasteiger partial charge in [0.25, 0.3) is 5.56 Å². The van der Waals surface area contributed by atoms with Crippen LogP contribution in [0.4, 0.5) is 10.8 Å². The number of methoxy groups -OCH3 is 1. The fraction of sp³-hybridized carbons (Fsp3) is 0.0800. The van der Waals surface area contributed by atoms with E-state index in [1.165, 1.54) is 11.3 Å². The van der Waals surface area contributed by atoms with Crippen LogP contribution in [-0.2, 0) is 0 Å². The smallest absolute Gasteiger partial charge is 0.266 e. The van der Waals surface area contributed by atoms with Crippen LogP contribution in [0.15, 0.2) is 83.7 Å². The maximum atomic E-state index is 13.6. The minimum Gasteiger partial charge on any atom is -0.495 e. The van der Waals surface area contributed by atoms with Crippen LogP contribution in [0.3, 0.4) is 0 Å². The van der Waals surface area contributed by atoms with Crippen molar-refractivity contribution in [1.29, 1.82) is 0 Å². The van der Waals surface area contributed by atoms with E-state index < -0.39 is 0 Å². The molecular formula is C25H20N4O2S. The van der Waals surface area contributed by atoms with E-state index in [9.17, 15) is 4.79 Å². The molecule has 32 heavy (non-hydrogen) atoms. The molecule has 2 aromatic heterocycles. The summed E-state index contributed by atoms with van der Waals surface area (Å²) in [5, 5.41) is 4.62. The maximum Gasteiger partial charge on any atom is 0.266 e. The average Bonchev–Trinajstić information content (AvgIpc) is 3.19. The first kappa shape index (κ1) is 20.0. The van der Waals surface area contributed by atoms with E-state index in [-0.39, 0.29) is 5.56 Å². The molecule has 0 aliphatic heterocycles. The Labute approximate surface area is 188 Å². The molecule has 2 heterocycles. The molecule has 1 N–H and O–H groups in total. The van der Waals surface area contributed by atoms with Crippen molar-refractivity contribution in [3.8, 4) is 22.1 Å². The fourth-order valence-electron chi connectivity index (χ4n) is 3.63. The number of nitrogens with one attached hydrogen (secondary N) is 1. The molecule has 0 spiro atoms. The van der Waals surface area contributed by atoms with Gasteiger partial charge in [0, 0.05) is 5.69 Å². The number of thiazole rings is 1. The topological polar surface area (TPSA) is 69.0 Å². The lowest BCUT2D eigenvalue weighted by Crippen LogP contribution is -2.22. The summed E-state index contributed by atoms with van der Waals surface area (Å²) in [6.07, 6.45) is 0. The molecule has 0 unspecified atom stereocenters. The monoisotopic (exact) mass is 440 g/mol. The first-order valence-corrected chi connectivity index (χ1v) is 10.9. The Hall–Kier alpha value is -3.97. The van der Waals surface area contributed by atoms with Gasteiger partial charge in [-0.05, 0) is 43.3 Å². The van der Waals surface area contributed by atoms with Crippen molar-refractivity contribution in [3.05, 3.63) is 94.9 Å². The molecule has 0 aliphatic carbocycles. The Morgan fingerprint density at radius 1 is 0.906 bits per heavy atom. The van der Waals surface area contributed by atoms with Crippen molar-refractivity contribution in [2.75, 3.05) is 12.4 Å². The van der Waals surface area contributed by atoms with Gasteiger partial charge in [-0.1, -0.05) is 53.8 Å². The van der Waals surface area contributed by atoms with Crippen molar-refractivity contribution in [2.24, 2.45) is 0 Å². The van der Waals surface area contributed by atoms with Crippen LogP contribution in [-0.4, -0.2) is 21.6 Å². The summed E-state index contributed by atoms with van der Waals surface area (Å²) in [5.74, 6) is 1.13. The molecule has 0 saturated carbocycles. The molecule has 5 rings (SSSR count). The van der Waals surface area contributed by atoms with Crippen LogP contribution in [0, 0.1) is 6.92 Å². The second kappa shape index (κ2) is 8.28. The van der Waals surface area contributed by atoms with Gasteiger partial charge >= 0.3 is 0 Å². The summed E-state index contributed by atoms with van der Waals surface area (Å²) in [4.78, 5) is 24.0. The molecule has 0 amide bonds. The Bertz CT molecular complexity index is 1470. The number of para-hydroxylation sites is 4. The number of hydrogen-bond donors (Lipinski definition) is 1. The highest BCUT2D eigenvalue weighted by molar-refractivity contribution is 7.19. The lowest BCUT2D eigenvalue weighted by molar-refractivity contribution is 0.412. The van der Waals surface area contributed by atoms with Crippen LogP contribution in [0.2, 0.25) is 0 Å². The second-order valence-electron chi connectivity index (χ2n) is 7.19. The summed E-state index contributed by atoms with van der Waals surface area (Å²) < 4.78 is 7.18. The molecule has 7 heteroatoms. The number of aryl methyl sites for hydroxylation is 1. The summed E-state index contributed by atoms with van der Waals surface area (Å²) >= 11 is 1.46. The molecule has 3 aromatic carbocycles. The largest absolute Gasteiger partial charge is 0.495 e. The van der Waals surface area contributed by atoms with E-state index in [1.807, 2.05) is 79.7 Å². The van der Waals surface area contributed by atoms with Gasteiger partial charge in [-0.15, -0.1) is 0 Å². The van der Waals surface area contributed by atoms with Gasteiger partial charge in [0.05, 0.1) is 34.3 Å². The summed E-state index contributed by atoms with van der Waals surface area (Å²) in [5.41, 5.74) is 2.86. The number of ether oxygens (including phenoxy) is 1. The van der Waals surface area contributed by atoms with Crippen LogP contribution in [0.25, 0.3) is 27.3 Å². The molecule has 0 fully saturated rings. The summed E-state index contributed by atoms with van der Waals surface area (Å²) in [6, 6.07) is 24.7. The predicted molar refractivity (Wildman–Crippen MR) is 129 cm³/mol. The molecule has 0 radical (unpaired) electrons. The Morgan fingerprint density at radius 2 is 1.62 bits per heavy atom. The molecule has 0 saturated heterocycles. The zero-order valence-corrected chi connectivity index (χ0v) is 18.4. The number of aromatic nitrogens is 3. The third-order valence-corrected chi connectivity index (χ3v) is 6.20. The van der Waals surface area contributed by atoms with Crippen LogP contribution in [0.1, 0.15) is 5.69 Å². The lowest BCUT2D eigenvalue weighted by Gasteiger charge is -2.15. The quantitative estimate of drug-likeness (QED) is 0.387. The molecule has 6 nitrogen and oxygen atoms in total. The van der Waals surface area contributed by atoms with E-state index in [4.69, 9.17) is 14.7 Å². The number of hydrogen-bond acceptors (Lipinski definition) is 6. The molecular weight excluding hydrogens is 420 g/mol. The van der Waals surface area contributed by atoms with E-state index in [1.54, 1.807) is 17.7 Å². The molecule has 0 aliphatic rings. The van der Waals surface area contributed by atoms with Gasteiger partial charge < -0.3 is 10.1 Å². The number of benzene rings is 3. The minimum absolute atomic E-state index is 0.152. The van der Waals surface area contributed by atoms with E-state index in [2.05, 4.69) is 5.32 Å². The van der Waals surface area contributed by atoms with E-state index in [0.29, 0.717) is 28.2 Å². The van der Waals surface area contributed by atoms with Gasteiger partial charge in [-0.3, -0.25) is 9.36 Å². The van der Waals surface area contributed by atoms with Crippen molar-refractivity contribution in [3.63, 3.8) is 0 Å². The third-order valence-electron chi connectivity index (χ3n) is 5.13. The summed E-state index contributed by atoms with van der Waals surface area (Å²) in [6.45, 7) is 1.93. The average molecular weight is 441 g/mol. The van der Waals surface area contributed by atoms with Gasteiger partial charge in [0.2, 0.25) is 0 Å². The maximum absolute atomic E-state index is 13.6. The fourth-order valence-corrected chi connectivity index (χ4v) is 4.59. The van der Waals surface area contributed by atoms with Crippen LogP contribution in [0.5, 0.6) is 5.75 Å².